The van der Waals surface area contributed by atoms with Gasteiger partial charge < -0.3 is 5.32 Å². The maximum absolute atomic E-state index is 13.1. The first-order valence-corrected chi connectivity index (χ1v) is 6.01. The van der Waals surface area contributed by atoms with Gasteiger partial charge in [0.25, 0.3) is 0 Å². The summed E-state index contributed by atoms with van der Waals surface area (Å²) in [6, 6.07) is 1.58. The summed E-state index contributed by atoms with van der Waals surface area (Å²) >= 11 is 0. The molecule has 0 aromatic carbocycles. The van der Waals surface area contributed by atoms with Gasteiger partial charge in [0.15, 0.2) is 17.3 Å². The third-order valence-corrected chi connectivity index (χ3v) is 2.97. The normalized spacial score (nSPS) is 14.9. The van der Waals surface area contributed by atoms with Crippen molar-refractivity contribution >= 4 is 0 Å². The van der Waals surface area contributed by atoms with Crippen molar-refractivity contribution in [1.82, 2.24) is 25.3 Å². The minimum absolute atomic E-state index is 0.0847. The fourth-order valence-electron chi connectivity index (χ4n) is 2.09. The summed E-state index contributed by atoms with van der Waals surface area (Å²) in [5.74, 6) is 0.0120. The molecule has 3 heterocycles. The Morgan fingerprint density at radius 1 is 1.05 bits per heavy atom. The number of alkyl halides is 3. The van der Waals surface area contributed by atoms with E-state index in [1.165, 1.54) is 12.4 Å². The first kappa shape index (κ1) is 12.9. The van der Waals surface area contributed by atoms with E-state index < -0.39 is 11.9 Å². The van der Waals surface area contributed by atoms with Crippen molar-refractivity contribution in [2.24, 2.45) is 0 Å². The molecule has 1 aliphatic rings. The van der Waals surface area contributed by atoms with Gasteiger partial charge in [-0.1, -0.05) is 0 Å². The van der Waals surface area contributed by atoms with Crippen LogP contribution in [0.25, 0.3) is 11.6 Å². The molecule has 8 heteroatoms. The molecular weight excluding hydrogens is 271 g/mol. The largest absolute Gasteiger partial charge is 0.433 e. The Hall–Kier alpha value is -2.09. The Bertz CT molecular complexity index is 627. The molecule has 2 aromatic heterocycles. The zero-order valence-electron chi connectivity index (χ0n) is 10.3. The van der Waals surface area contributed by atoms with Gasteiger partial charge >= 0.3 is 6.18 Å². The van der Waals surface area contributed by atoms with Crippen molar-refractivity contribution in [3.63, 3.8) is 0 Å². The lowest BCUT2D eigenvalue weighted by atomic mass is 10.0. The molecule has 0 radical (unpaired) electrons. The molecule has 0 aliphatic carbocycles. The zero-order chi connectivity index (χ0) is 14.2. The SMILES string of the molecule is FC(F)(F)c1nc(-c2ncccn2)nc2c1CNCC2. The van der Waals surface area contributed by atoms with E-state index in [-0.39, 0.29) is 23.8 Å². The standard InChI is InChI=1S/C12H10F3N5/c13-12(14,15)9-7-6-16-5-2-8(7)19-11(20-9)10-17-3-1-4-18-10/h1,3-4,16H,2,5-6H2. The van der Waals surface area contributed by atoms with Crippen molar-refractivity contribution in [2.75, 3.05) is 6.54 Å². The van der Waals surface area contributed by atoms with Gasteiger partial charge in [0.2, 0.25) is 0 Å². The predicted molar refractivity (Wildman–Crippen MR) is 63.5 cm³/mol. The Labute approximate surface area is 112 Å². The third kappa shape index (κ3) is 2.34. The molecule has 3 rings (SSSR count). The lowest BCUT2D eigenvalue weighted by Gasteiger charge is -2.20. The second-order valence-corrected chi connectivity index (χ2v) is 4.32. The van der Waals surface area contributed by atoms with Crippen LogP contribution in [-0.4, -0.2) is 26.5 Å². The van der Waals surface area contributed by atoms with E-state index in [9.17, 15) is 13.2 Å². The summed E-state index contributed by atoms with van der Waals surface area (Å²) in [7, 11) is 0. The minimum atomic E-state index is -4.52. The van der Waals surface area contributed by atoms with Crippen LogP contribution in [0.4, 0.5) is 13.2 Å². The van der Waals surface area contributed by atoms with Gasteiger partial charge in [-0.25, -0.2) is 19.9 Å². The number of hydrogen-bond donors (Lipinski definition) is 1. The Morgan fingerprint density at radius 3 is 2.50 bits per heavy atom. The molecule has 0 amide bonds. The van der Waals surface area contributed by atoms with Crippen LogP contribution in [0.1, 0.15) is 17.0 Å². The molecule has 0 saturated heterocycles. The average molecular weight is 281 g/mol. The van der Waals surface area contributed by atoms with Gasteiger partial charge in [0.1, 0.15) is 0 Å². The second-order valence-electron chi connectivity index (χ2n) is 4.32. The van der Waals surface area contributed by atoms with Gasteiger partial charge in [0.05, 0.1) is 5.69 Å². The number of nitrogens with one attached hydrogen (secondary N) is 1. The Morgan fingerprint density at radius 2 is 1.80 bits per heavy atom. The number of hydrogen-bond acceptors (Lipinski definition) is 5. The van der Waals surface area contributed by atoms with Crippen molar-refractivity contribution in [1.29, 1.82) is 0 Å². The highest BCUT2D eigenvalue weighted by Gasteiger charge is 2.38. The molecule has 0 spiro atoms. The van der Waals surface area contributed by atoms with Crippen LogP contribution in [0.2, 0.25) is 0 Å². The Balaban J connectivity index is 2.19. The van der Waals surface area contributed by atoms with E-state index in [1.54, 1.807) is 6.07 Å². The molecule has 104 valence electrons. The number of aromatic nitrogens is 4. The summed E-state index contributed by atoms with van der Waals surface area (Å²) in [6.07, 6.45) is -1.20. The summed E-state index contributed by atoms with van der Waals surface area (Å²) in [5.41, 5.74) is -0.380. The molecule has 1 N–H and O–H groups in total. The number of fused-ring (bicyclic) bond motifs is 1. The lowest BCUT2D eigenvalue weighted by Crippen LogP contribution is -2.29. The van der Waals surface area contributed by atoms with E-state index in [4.69, 9.17) is 0 Å². The quantitative estimate of drug-likeness (QED) is 0.860. The molecular formula is C12H10F3N5. The molecule has 0 fully saturated rings. The number of nitrogens with zero attached hydrogens (tertiary/aromatic N) is 4. The lowest BCUT2D eigenvalue weighted by molar-refractivity contribution is -0.142. The van der Waals surface area contributed by atoms with Crippen molar-refractivity contribution in [2.45, 2.75) is 19.1 Å². The summed E-state index contributed by atoms with van der Waals surface area (Å²) in [6.45, 7) is 0.719. The molecule has 0 saturated carbocycles. The molecule has 0 bridgehead atoms. The van der Waals surface area contributed by atoms with Crippen LogP contribution in [0, 0.1) is 0 Å². The maximum atomic E-state index is 13.1. The van der Waals surface area contributed by atoms with E-state index >= 15 is 0 Å². The van der Waals surface area contributed by atoms with Gasteiger partial charge in [-0.3, -0.25) is 0 Å². The van der Waals surface area contributed by atoms with E-state index in [2.05, 4.69) is 25.3 Å². The van der Waals surface area contributed by atoms with E-state index in [1.807, 2.05) is 0 Å². The van der Waals surface area contributed by atoms with Crippen LogP contribution >= 0.6 is 0 Å². The predicted octanol–water partition coefficient (Wildman–Crippen LogP) is 1.60. The topological polar surface area (TPSA) is 63.6 Å². The monoisotopic (exact) mass is 281 g/mol. The fourth-order valence-corrected chi connectivity index (χ4v) is 2.09. The van der Waals surface area contributed by atoms with Gasteiger partial charge in [-0.2, -0.15) is 13.2 Å². The van der Waals surface area contributed by atoms with Gasteiger partial charge in [0, 0.05) is 37.5 Å². The fraction of sp³-hybridized carbons (Fsp3) is 0.333. The summed E-state index contributed by atoms with van der Waals surface area (Å²) in [5, 5.41) is 2.90. The van der Waals surface area contributed by atoms with Crippen LogP contribution in [0.3, 0.4) is 0 Å². The van der Waals surface area contributed by atoms with Crippen LogP contribution < -0.4 is 5.32 Å². The second kappa shape index (κ2) is 4.78. The zero-order valence-corrected chi connectivity index (χ0v) is 10.3. The molecule has 2 aromatic rings. The third-order valence-electron chi connectivity index (χ3n) is 2.97. The van der Waals surface area contributed by atoms with Crippen molar-refractivity contribution in [3.8, 4) is 11.6 Å². The Kier molecular flexibility index (Phi) is 3.09. The van der Waals surface area contributed by atoms with Crippen molar-refractivity contribution in [3.05, 3.63) is 35.4 Å². The highest BCUT2D eigenvalue weighted by atomic mass is 19.4. The summed E-state index contributed by atoms with van der Waals surface area (Å²) < 4.78 is 39.3. The summed E-state index contributed by atoms with van der Waals surface area (Å²) in [4.78, 5) is 15.6. The smallest absolute Gasteiger partial charge is 0.312 e. The van der Waals surface area contributed by atoms with E-state index in [0.29, 0.717) is 18.7 Å². The molecule has 0 unspecified atom stereocenters. The molecule has 1 aliphatic heterocycles. The minimum Gasteiger partial charge on any atom is -0.312 e. The van der Waals surface area contributed by atoms with E-state index in [0.717, 1.165) is 0 Å². The van der Waals surface area contributed by atoms with Gasteiger partial charge in [-0.05, 0) is 6.07 Å². The molecule has 5 nitrogen and oxygen atoms in total. The number of rotatable bonds is 1. The number of halogens is 3. The highest BCUT2D eigenvalue weighted by molar-refractivity contribution is 5.46. The van der Waals surface area contributed by atoms with Gasteiger partial charge in [-0.15, -0.1) is 0 Å². The molecule has 20 heavy (non-hydrogen) atoms. The van der Waals surface area contributed by atoms with Crippen LogP contribution in [0.15, 0.2) is 18.5 Å². The van der Waals surface area contributed by atoms with Crippen LogP contribution in [-0.2, 0) is 19.1 Å². The van der Waals surface area contributed by atoms with Crippen LogP contribution in [0.5, 0.6) is 0 Å². The highest BCUT2D eigenvalue weighted by Crippen LogP contribution is 2.33. The first-order valence-electron chi connectivity index (χ1n) is 6.01. The molecule has 0 atom stereocenters. The average Bonchev–Trinajstić information content (AvgIpc) is 2.46. The maximum Gasteiger partial charge on any atom is 0.433 e. The first-order chi connectivity index (χ1) is 9.55. The van der Waals surface area contributed by atoms with Crippen molar-refractivity contribution < 1.29 is 13.2 Å².